The van der Waals surface area contributed by atoms with E-state index in [0.717, 1.165) is 30.0 Å². The molecule has 0 unspecified atom stereocenters. The van der Waals surface area contributed by atoms with Crippen LogP contribution in [0.25, 0.3) is 10.2 Å². The monoisotopic (exact) mass is 414 g/mol. The van der Waals surface area contributed by atoms with Gasteiger partial charge in [-0.1, -0.05) is 0 Å². The number of fused-ring (bicyclic) bond motifs is 2. The number of imide groups is 1. The van der Waals surface area contributed by atoms with Gasteiger partial charge in [-0.2, -0.15) is 0 Å². The third-order valence-corrected chi connectivity index (χ3v) is 6.03. The van der Waals surface area contributed by atoms with Gasteiger partial charge in [-0.3, -0.25) is 24.3 Å². The molecule has 150 valence electrons. The predicted molar refractivity (Wildman–Crippen MR) is 105 cm³/mol. The molecular formula is C19H18N4O5S. The molecule has 1 aliphatic heterocycles. The highest BCUT2D eigenvalue weighted by molar-refractivity contribution is 7.20. The van der Waals surface area contributed by atoms with Crippen LogP contribution < -0.4 is 10.9 Å². The summed E-state index contributed by atoms with van der Waals surface area (Å²) >= 11 is 1.08. The summed E-state index contributed by atoms with van der Waals surface area (Å²) in [6, 6.07) is 3.24. The molecule has 0 atom stereocenters. The summed E-state index contributed by atoms with van der Waals surface area (Å²) in [5, 5.41) is 2.59. The van der Waals surface area contributed by atoms with Gasteiger partial charge in [0.25, 0.3) is 17.4 Å². The standard InChI is InChI=1S/C19H18N4O5S/c1-10-14-17(20-12-6-4-8-23(12)18(14)26)29-15(10)19(27)28-9-13(24)21-16(25)11-5-3-7-22(11)2/h3,5,7H,4,6,8-9H2,1-2H3,(H,21,24,25). The van der Waals surface area contributed by atoms with Crippen LogP contribution in [-0.4, -0.2) is 38.5 Å². The summed E-state index contributed by atoms with van der Waals surface area (Å²) in [7, 11) is 1.68. The van der Waals surface area contributed by atoms with E-state index in [-0.39, 0.29) is 10.4 Å². The zero-order valence-corrected chi connectivity index (χ0v) is 16.7. The third kappa shape index (κ3) is 3.35. The van der Waals surface area contributed by atoms with Gasteiger partial charge in [0.1, 0.15) is 21.2 Å². The Kier molecular flexibility index (Phi) is 4.79. The molecule has 0 saturated carbocycles. The van der Waals surface area contributed by atoms with E-state index >= 15 is 0 Å². The molecule has 0 spiro atoms. The van der Waals surface area contributed by atoms with Crippen LogP contribution in [0.15, 0.2) is 23.1 Å². The van der Waals surface area contributed by atoms with Crippen molar-refractivity contribution in [3.8, 4) is 0 Å². The normalized spacial score (nSPS) is 12.8. The average molecular weight is 414 g/mol. The van der Waals surface area contributed by atoms with E-state index in [2.05, 4.69) is 10.3 Å². The molecule has 0 aromatic carbocycles. The smallest absolute Gasteiger partial charge is 0.349 e. The van der Waals surface area contributed by atoms with Gasteiger partial charge in [-0.05, 0) is 31.0 Å². The summed E-state index contributed by atoms with van der Waals surface area (Å²) in [6.07, 6.45) is 3.29. The van der Waals surface area contributed by atoms with Gasteiger partial charge in [-0.15, -0.1) is 11.3 Å². The molecule has 1 aliphatic rings. The maximum absolute atomic E-state index is 12.7. The second-order valence-electron chi connectivity index (χ2n) is 6.78. The van der Waals surface area contributed by atoms with Crippen molar-refractivity contribution in [2.24, 2.45) is 7.05 Å². The number of amides is 2. The molecule has 2 amide bonds. The highest BCUT2D eigenvalue weighted by Gasteiger charge is 2.24. The zero-order chi connectivity index (χ0) is 20.7. The number of hydrogen-bond donors (Lipinski definition) is 1. The van der Waals surface area contributed by atoms with E-state index in [0.29, 0.717) is 28.0 Å². The first-order valence-electron chi connectivity index (χ1n) is 9.02. The number of aryl methyl sites for hydroxylation is 3. The van der Waals surface area contributed by atoms with Crippen LogP contribution in [0.2, 0.25) is 0 Å². The molecule has 10 heteroatoms. The highest BCUT2D eigenvalue weighted by atomic mass is 32.1. The van der Waals surface area contributed by atoms with E-state index in [1.807, 2.05) is 0 Å². The van der Waals surface area contributed by atoms with Crippen molar-refractivity contribution >= 4 is 39.3 Å². The lowest BCUT2D eigenvalue weighted by Crippen LogP contribution is -2.35. The lowest BCUT2D eigenvalue weighted by Gasteiger charge is -2.06. The highest BCUT2D eigenvalue weighted by Crippen LogP contribution is 2.29. The molecule has 0 fully saturated rings. The number of nitrogens with zero attached hydrogens (tertiary/aromatic N) is 3. The second kappa shape index (κ2) is 7.28. The third-order valence-electron chi connectivity index (χ3n) is 4.86. The van der Waals surface area contributed by atoms with Crippen molar-refractivity contribution in [1.82, 2.24) is 19.4 Å². The number of esters is 1. The van der Waals surface area contributed by atoms with Crippen molar-refractivity contribution in [1.29, 1.82) is 0 Å². The largest absolute Gasteiger partial charge is 0.451 e. The SMILES string of the molecule is Cc1c(C(=O)OCC(=O)NC(=O)c2cccn2C)sc2nc3n(c(=O)c12)CCC3. The van der Waals surface area contributed by atoms with Crippen LogP contribution in [0.5, 0.6) is 0 Å². The van der Waals surface area contributed by atoms with Gasteiger partial charge in [0.2, 0.25) is 0 Å². The van der Waals surface area contributed by atoms with Crippen LogP contribution in [-0.2, 0) is 29.5 Å². The molecule has 1 N–H and O–H groups in total. The number of hydrogen-bond acceptors (Lipinski definition) is 7. The summed E-state index contributed by atoms with van der Waals surface area (Å²) in [6.45, 7) is 1.69. The quantitative estimate of drug-likeness (QED) is 0.641. The Hall–Kier alpha value is -3.27. The summed E-state index contributed by atoms with van der Waals surface area (Å²) in [5.41, 5.74) is 0.654. The van der Waals surface area contributed by atoms with E-state index in [9.17, 15) is 19.2 Å². The van der Waals surface area contributed by atoms with Gasteiger partial charge in [-0.25, -0.2) is 9.78 Å². The Balaban J connectivity index is 1.47. The van der Waals surface area contributed by atoms with Crippen molar-refractivity contribution in [3.05, 3.63) is 50.6 Å². The van der Waals surface area contributed by atoms with Crippen LogP contribution >= 0.6 is 11.3 Å². The maximum atomic E-state index is 12.7. The Bertz CT molecular complexity index is 1220. The fourth-order valence-corrected chi connectivity index (χ4v) is 4.47. The van der Waals surface area contributed by atoms with Crippen molar-refractivity contribution in [2.75, 3.05) is 6.61 Å². The van der Waals surface area contributed by atoms with E-state index in [1.54, 1.807) is 41.4 Å². The molecular weight excluding hydrogens is 396 g/mol. The van der Waals surface area contributed by atoms with Crippen LogP contribution in [0.3, 0.4) is 0 Å². The molecule has 0 radical (unpaired) electrons. The molecule has 0 saturated heterocycles. The van der Waals surface area contributed by atoms with Crippen LogP contribution in [0, 0.1) is 6.92 Å². The van der Waals surface area contributed by atoms with Gasteiger partial charge in [0.15, 0.2) is 6.61 Å². The molecule has 29 heavy (non-hydrogen) atoms. The second-order valence-corrected chi connectivity index (χ2v) is 7.78. The number of carbonyl (C=O) groups excluding carboxylic acids is 3. The van der Waals surface area contributed by atoms with E-state index < -0.39 is 24.4 Å². The van der Waals surface area contributed by atoms with Gasteiger partial charge in [0.05, 0.1) is 5.39 Å². The van der Waals surface area contributed by atoms with Gasteiger partial charge >= 0.3 is 5.97 Å². The number of aromatic nitrogens is 3. The number of nitrogens with one attached hydrogen (secondary N) is 1. The molecule has 0 bridgehead atoms. The number of thiophene rings is 1. The van der Waals surface area contributed by atoms with E-state index in [1.165, 1.54) is 0 Å². The first kappa shape index (κ1) is 19.1. The van der Waals surface area contributed by atoms with Gasteiger partial charge < -0.3 is 9.30 Å². The average Bonchev–Trinajstić information content (AvgIpc) is 3.39. The van der Waals surface area contributed by atoms with E-state index in [4.69, 9.17) is 4.74 Å². The topological polar surface area (TPSA) is 112 Å². The van der Waals surface area contributed by atoms with Crippen LogP contribution in [0.1, 0.15) is 38.0 Å². The molecule has 4 rings (SSSR count). The number of carbonyl (C=O) groups is 3. The lowest BCUT2D eigenvalue weighted by atomic mass is 10.2. The molecule has 3 aromatic heterocycles. The van der Waals surface area contributed by atoms with Crippen molar-refractivity contribution in [2.45, 2.75) is 26.3 Å². The minimum Gasteiger partial charge on any atom is -0.451 e. The van der Waals surface area contributed by atoms with Crippen molar-refractivity contribution in [3.63, 3.8) is 0 Å². The molecule has 3 aromatic rings. The Morgan fingerprint density at radius 1 is 1.34 bits per heavy atom. The van der Waals surface area contributed by atoms with Crippen molar-refractivity contribution < 1.29 is 19.1 Å². The Morgan fingerprint density at radius 2 is 2.14 bits per heavy atom. The number of ether oxygens (including phenoxy) is 1. The molecule has 9 nitrogen and oxygen atoms in total. The lowest BCUT2D eigenvalue weighted by molar-refractivity contribution is -0.123. The molecule has 0 aliphatic carbocycles. The maximum Gasteiger partial charge on any atom is 0.349 e. The number of rotatable bonds is 4. The Morgan fingerprint density at radius 3 is 2.86 bits per heavy atom. The fraction of sp³-hybridized carbons (Fsp3) is 0.316. The first-order chi connectivity index (χ1) is 13.9. The van der Waals surface area contributed by atoms with Crippen LogP contribution in [0.4, 0.5) is 0 Å². The minimum atomic E-state index is -0.736. The Labute approximate surface area is 168 Å². The summed E-state index contributed by atoms with van der Waals surface area (Å²) < 4.78 is 8.26. The summed E-state index contributed by atoms with van der Waals surface area (Å²) in [5.74, 6) is -1.32. The predicted octanol–water partition coefficient (Wildman–Crippen LogP) is 1.16. The minimum absolute atomic E-state index is 0.152. The van der Waals surface area contributed by atoms with Gasteiger partial charge in [0, 0.05) is 26.2 Å². The zero-order valence-electron chi connectivity index (χ0n) is 15.9. The fourth-order valence-electron chi connectivity index (χ4n) is 3.39. The molecule has 4 heterocycles. The summed E-state index contributed by atoms with van der Waals surface area (Å²) in [4.78, 5) is 54.3. The first-order valence-corrected chi connectivity index (χ1v) is 9.84.